The highest BCUT2D eigenvalue weighted by atomic mass is 35.5. The summed E-state index contributed by atoms with van der Waals surface area (Å²) < 4.78 is 12.7. The molecule has 1 rings (SSSR count). The molecular formula is C9H6ClFN2. The molecule has 0 atom stereocenters. The molecule has 0 heterocycles. The maximum Gasteiger partial charge on any atom is 0.141 e. The van der Waals surface area contributed by atoms with Crippen molar-refractivity contribution in [2.45, 2.75) is 0 Å². The lowest BCUT2D eigenvalue weighted by Gasteiger charge is -2.00. The fourth-order valence-electron chi connectivity index (χ4n) is 0.829. The third-order valence-corrected chi connectivity index (χ3v) is 1.76. The summed E-state index contributed by atoms with van der Waals surface area (Å²) in [5.74, 6) is -0.504. The standard InChI is InChI=1S/C9H6ClFN2/c10-7-5-6(1-2-8(7)11)9(13)3-4-12/h1-3,5H,13H2/b9-3+. The van der Waals surface area contributed by atoms with Gasteiger partial charge in [0, 0.05) is 11.8 Å². The Kier molecular flexibility index (Phi) is 2.88. The number of halogens is 2. The fraction of sp³-hybridized carbons (Fsp3) is 0. The van der Waals surface area contributed by atoms with Crippen LogP contribution in [-0.4, -0.2) is 0 Å². The molecule has 4 heteroatoms. The molecule has 0 bridgehead atoms. The minimum absolute atomic E-state index is 0.00760. The number of nitrogens with two attached hydrogens (primary N) is 1. The molecule has 0 amide bonds. The van der Waals surface area contributed by atoms with Crippen LogP contribution in [0.25, 0.3) is 5.70 Å². The maximum absolute atomic E-state index is 12.7. The maximum atomic E-state index is 12.7. The quantitative estimate of drug-likeness (QED) is 0.701. The lowest BCUT2D eigenvalue weighted by atomic mass is 10.1. The molecule has 0 aliphatic rings. The molecular weight excluding hydrogens is 191 g/mol. The smallest absolute Gasteiger partial charge is 0.141 e. The van der Waals surface area contributed by atoms with E-state index < -0.39 is 5.82 Å². The van der Waals surface area contributed by atoms with Gasteiger partial charge in [-0.05, 0) is 23.8 Å². The van der Waals surface area contributed by atoms with Gasteiger partial charge in [0.05, 0.1) is 11.1 Å². The lowest BCUT2D eigenvalue weighted by Crippen LogP contribution is -1.95. The van der Waals surface area contributed by atoms with Crippen LogP contribution in [0.3, 0.4) is 0 Å². The van der Waals surface area contributed by atoms with Crippen molar-refractivity contribution in [1.82, 2.24) is 0 Å². The Morgan fingerprint density at radius 1 is 1.62 bits per heavy atom. The average molecular weight is 197 g/mol. The Bertz CT molecular complexity index is 393. The van der Waals surface area contributed by atoms with Crippen LogP contribution in [0.15, 0.2) is 24.3 Å². The number of hydrogen-bond acceptors (Lipinski definition) is 2. The van der Waals surface area contributed by atoms with Gasteiger partial charge in [-0.3, -0.25) is 0 Å². The largest absolute Gasteiger partial charge is 0.398 e. The van der Waals surface area contributed by atoms with Crippen molar-refractivity contribution in [2.24, 2.45) is 5.73 Å². The van der Waals surface area contributed by atoms with E-state index in [0.29, 0.717) is 5.56 Å². The summed E-state index contributed by atoms with van der Waals surface area (Å²) in [5, 5.41) is 8.30. The molecule has 0 aliphatic carbocycles. The summed E-state index contributed by atoms with van der Waals surface area (Å²) in [6.45, 7) is 0. The van der Waals surface area contributed by atoms with E-state index >= 15 is 0 Å². The molecule has 2 nitrogen and oxygen atoms in total. The summed E-state index contributed by atoms with van der Waals surface area (Å²) in [7, 11) is 0. The molecule has 1 aromatic carbocycles. The van der Waals surface area contributed by atoms with Crippen molar-refractivity contribution >= 4 is 17.3 Å². The van der Waals surface area contributed by atoms with Crippen molar-refractivity contribution in [3.63, 3.8) is 0 Å². The normalized spacial score (nSPS) is 11.0. The van der Waals surface area contributed by atoms with Gasteiger partial charge in [-0.15, -0.1) is 0 Å². The van der Waals surface area contributed by atoms with Crippen LogP contribution in [0, 0.1) is 17.1 Å². The fourth-order valence-corrected chi connectivity index (χ4v) is 1.01. The zero-order valence-electron chi connectivity index (χ0n) is 6.59. The molecule has 0 fully saturated rings. The van der Waals surface area contributed by atoms with Crippen LogP contribution in [-0.2, 0) is 0 Å². The Labute approximate surface area is 80.0 Å². The van der Waals surface area contributed by atoms with E-state index in [0.717, 1.165) is 0 Å². The van der Waals surface area contributed by atoms with Gasteiger partial charge in [0.2, 0.25) is 0 Å². The first-order chi connectivity index (χ1) is 6.15. The van der Waals surface area contributed by atoms with Gasteiger partial charge in [-0.25, -0.2) is 4.39 Å². The Morgan fingerprint density at radius 3 is 2.85 bits per heavy atom. The van der Waals surface area contributed by atoms with E-state index in [1.54, 1.807) is 6.07 Å². The van der Waals surface area contributed by atoms with Crippen LogP contribution in [0.5, 0.6) is 0 Å². The third kappa shape index (κ3) is 2.20. The van der Waals surface area contributed by atoms with Crippen molar-refractivity contribution in [2.75, 3.05) is 0 Å². The SMILES string of the molecule is N#C/C=C(/N)c1ccc(F)c(Cl)c1. The van der Waals surface area contributed by atoms with E-state index in [-0.39, 0.29) is 10.7 Å². The lowest BCUT2D eigenvalue weighted by molar-refractivity contribution is 0.628. The van der Waals surface area contributed by atoms with Gasteiger partial charge in [0.25, 0.3) is 0 Å². The topological polar surface area (TPSA) is 49.8 Å². The summed E-state index contributed by atoms with van der Waals surface area (Å²) in [6, 6.07) is 5.82. The molecule has 0 saturated carbocycles. The first-order valence-electron chi connectivity index (χ1n) is 3.46. The molecule has 0 saturated heterocycles. The van der Waals surface area contributed by atoms with Crippen molar-refractivity contribution in [3.8, 4) is 6.07 Å². The second-order valence-electron chi connectivity index (χ2n) is 2.36. The van der Waals surface area contributed by atoms with Crippen LogP contribution < -0.4 is 5.73 Å². The minimum atomic E-state index is -0.504. The zero-order chi connectivity index (χ0) is 9.84. The highest BCUT2D eigenvalue weighted by Gasteiger charge is 2.01. The van der Waals surface area contributed by atoms with E-state index in [9.17, 15) is 4.39 Å². The first-order valence-corrected chi connectivity index (χ1v) is 3.83. The van der Waals surface area contributed by atoms with Crippen molar-refractivity contribution in [1.29, 1.82) is 5.26 Å². The van der Waals surface area contributed by atoms with Gasteiger partial charge in [-0.2, -0.15) is 5.26 Å². The first kappa shape index (κ1) is 9.56. The average Bonchev–Trinajstić information content (AvgIpc) is 2.10. The Hall–Kier alpha value is -1.53. The third-order valence-electron chi connectivity index (χ3n) is 1.47. The summed E-state index contributed by atoms with van der Waals surface area (Å²) in [5.41, 5.74) is 6.29. The van der Waals surface area contributed by atoms with E-state index in [1.165, 1.54) is 24.3 Å². The molecule has 0 radical (unpaired) electrons. The van der Waals surface area contributed by atoms with E-state index in [1.807, 2.05) is 0 Å². The number of benzene rings is 1. The predicted octanol–water partition coefficient (Wildman–Crippen LogP) is 2.30. The second-order valence-corrected chi connectivity index (χ2v) is 2.76. The van der Waals surface area contributed by atoms with Gasteiger partial charge >= 0.3 is 0 Å². The molecule has 13 heavy (non-hydrogen) atoms. The molecule has 66 valence electrons. The van der Waals surface area contributed by atoms with Gasteiger partial charge in [-0.1, -0.05) is 11.6 Å². The van der Waals surface area contributed by atoms with Crippen LogP contribution in [0.2, 0.25) is 5.02 Å². The summed E-state index contributed by atoms with van der Waals surface area (Å²) >= 11 is 5.52. The van der Waals surface area contributed by atoms with Crippen LogP contribution in [0.1, 0.15) is 5.56 Å². The predicted molar refractivity (Wildman–Crippen MR) is 49.2 cm³/mol. The number of rotatable bonds is 1. The molecule has 0 aliphatic heterocycles. The highest BCUT2D eigenvalue weighted by molar-refractivity contribution is 6.30. The number of nitrogens with zero attached hydrogens (tertiary/aromatic N) is 1. The second kappa shape index (κ2) is 3.92. The molecule has 0 unspecified atom stereocenters. The Morgan fingerprint density at radius 2 is 2.31 bits per heavy atom. The van der Waals surface area contributed by atoms with Crippen molar-refractivity contribution in [3.05, 3.63) is 40.7 Å². The zero-order valence-corrected chi connectivity index (χ0v) is 7.35. The number of nitriles is 1. The van der Waals surface area contributed by atoms with Gasteiger partial charge in [0.15, 0.2) is 0 Å². The van der Waals surface area contributed by atoms with E-state index in [4.69, 9.17) is 22.6 Å². The van der Waals surface area contributed by atoms with Gasteiger partial charge < -0.3 is 5.73 Å². The molecule has 2 N–H and O–H groups in total. The number of allylic oxidation sites excluding steroid dienone is 1. The molecule has 1 aromatic rings. The molecule has 0 spiro atoms. The summed E-state index contributed by atoms with van der Waals surface area (Å²) in [4.78, 5) is 0. The van der Waals surface area contributed by atoms with Crippen LogP contribution in [0.4, 0.5) is 4.39 Å². The highest BCUT2D eigenvalue weighted by Crippen LogP contribution is 2.18. The van der Waals surface area contributed by atoms with Crippen LogP contribution >= 0.6 is 11.6 Å². The Balaban J connectivity index is 3.13. The number of hydrogen-bond donors (Lipinski definition) is 1. The molecule has 0 aromatic heterocycles. The monoisotopic (exact) mass is 196 g/mol. The summed E-state index contributed by atoms with van der Waals surface area (Å²) in [6.07, 6.45) is 1.17. The minimum Gasteiger partial charge on any atom is -0.398 e. The van der Waals surface area contributed by atoms with Gasteiger partial charge in [0.1, 0.15) is 5.82 Å². The van der Waals surface area contributed by atoms with E-state index in [2.05, 4.69) is 0 Å². The van der Waals surface area contributed by atoms with Crippen molar-refractivity contribution < 1.29 is 4.39 Å².